The molecule has 0 saturated carbocycles. The average molecular weight is 197 g/mol. The molecule has 1 aromatic rings. The average Bonchev–Trinajstić information content (AvgIpc) is 2.67. The zero-order chi connectivity index (χ0) is 10.2. The molecule has 1 rings (SSSR count). The molecule has 1 aromatic heterocycles. The molecule has 14 heavy (non-hydrogen) atoms. The summed E-state index contributed by atoms with van der Waals surface area (Å²) in [5.74, 6) is -0.0738. The lowest BCUT2D eigenvalue weighted by Crippen LogP contribution is -2.29. The largest absolute Gasteiger partial charge is 0.472 e. The molecule has 4 heteroatoms. The molecule has 0 atom stereocenters. The van der Waals surface area contributed by atoms with Gasteiger partial charge in [0.15, 0.2) is 0 Å². The molecule has 0 fully saturated rings. The maximum absolute atomic E-state index is 11.1. The number of nitrogens with one attached hydrogen (secondary N) is 1. The molecule has 0 bridgehead atoms. The zero-order valence-electron chi connectivity index (χ0n) is 8.29. The maximum Gasteiger partial charge on any atom is 0.246 e. The van der Waals surface area contributed by atoms with Crippen LogP contribution in [0.25, 0.3) is 0 Å². The van der Waals surface area contributed by atoms with E-state index in [1.165, 1.54) is 0 Å². The topological polar surface area (TPSA) is 51.5 Å². The number of hydrogen-bond acceptors (Lipinski definition) is 3. The van der Waals surface area contributed by atoms with E-state index < -0.39 is 0 Å². The molecular weight excluding hydrogens is 182 g/mol. The van der Waals surface area contributed by atoms with Crippen LogP contribution in [0.5, 0.6) is 0 Å². The Kier molecular flexibility index (Phi) is 4.78. The Morgan fingerprint density at radius 2 is 2.50 bits per heavy atom. The summed E-state index contributed by atoms with van der Waals surface area (Å²) in [6.45, 7) is 3.18. The fourth-order valence-electron chi connectivity index (χ4n) is 1.03. The van der Waals surface area contributed by atoms with Crippen molar-refractivity contribution in [1.29, 1.82) is 0 Å². The molecule has 1 N–H and O–H groups in total. The number of furan rings is 1. The van der Waals surface area contributed by atoms with E-state index in [2.05, 4.69) is 5.32 Å². The van der Waals surface area contributed by atoms with Crippen LogP contribution in [0, 0.1) is 0 Å². The number of carbonyl (C=O) groups is 1. The van der Waals surface area contributed by atoms with Crippen LogP contribution in [0.4, 0.5) is 0 Å². The third-order valence-corrected chi connectivity index (χ3v) is 1.75. The Labute approximate surface area is 83.2 Å². The second kappa shape index (κ2) is 6.21. The Hall–Kier alpha value is -1.29. The van der Waals surface area contributed by atoms with E-state index in [-0.39, 0.29) is 12.5 Å². The van der Waals surface area contributed by atoms with Gasteiger partial charge in [-0.15, -0.1) is 0 Å². The minimum absolute atomic E-state index is 0.0738. The summed E-state index contributed by atoms with van der Waals surface area (Å²) in [6, 6.07) is 1.88. The van der Waals surface area contributed by atoms with E-state index in [1.807, 2.05) is 13.0 Å². The summed E-state index contributed by atoms with van der Waals surface area (Å²) < 4.78 is 9.85. The lowest BCUT2D eigenvalue weighted by molar-refractivity contribution is -0.125. The normalized spacial score (nSPS) is 10.1. The van der Waals surface area contributed by atoms with Gasteiger partial charge in [0.25, 0.3) is 0 Å². The molecule has 78 valence electrons. The predicted molar refractivity (Wildman–Crippen MR) is 51.9 cm³/mol. The molecule has 0 unspecified atom stereocenters. The number of carbonyl (C=O) groups excluding carboxylic acids is 1. The lowest BCUT2D eigenvalue weighted by Gasteiger charge is -2.03. The highest BCUT2D eigenvalue weighted by Crippen LogP contribution is 1.99. The second-order valence-electron chi connectivity index (χ2n) is 2.87. The highest BCUT2D eigenvalue weighted by molar-refractivity contribution is 5.77. The molecule has 0 aliphatic rings. The van der Waals surface area contributed by atoms with Gasteiger partial charge in [-0.2, -0.15) is 0 Å². The van der Waals surface area contributed by atoms with Crippen LogP contribution < -0.4 is 5.32 Å². The van der Waals surface area contributed by atoms with Gasteiger partial charge in [0.05, 0.1) is 12.5 Å². The van der Waals surface area contributed by atoms with E-state index in [0.29, 0.717) is 13.2 Å². The highest BCUT2D eigenvalue weighted by Gasteiger charge is 2.00. The molecule has 4 nitrogen and oxygen atoms in total. The van der Waals surface area contributed by atoms with Gasteiger partial charge in [-0.1, -0.05) is 0 Å². The molecule has 0 radical (unpaired) electrons. The number of hydrogen-bond donors (Lipinski definition) is 1. The van der Waals surface area contributed by atoms with E-state index in [1.54, 1.807) is 12.5 Å². The first kappa shape index (κ1) is 10.8. The van der Waals surface area contributed by atoms with Gasteiger partial charge in [-0.05, 0) is 25.0 Å². The maximum atomic E-state index is 11.1. The second-order valence-corrected chi connectivity index (χ2v) is 2.87. The van der Waals surface area contributed by atoms with Crippen LogP contribution in [0.1, 0.15) is 12.5 Å². The first-order valence-electron chi connectivity index (χ1n) is 4.68. The molecule has 0 saturated heterocycles. The first-order valence-corrected chi connectivity index (χ1v) is 4.68. The Bertz CT molecular complexity index is 256. The van der Waals surface area contributed by atoms with Crippen molar-refractivity contribution in [1.82, 2.24) is 5.32 Å². The van der Waals surface area contributed by atoms with E-state index in [4.69, 9.17) is 9.15 Å². The van der Waals surface area contributed by atoms with Crippen LogP contribution in [0.3, 0.4) is 0 Å². The van der Waals surface area contributed by atoms with Gasteiger partial charge in [-0.25, -0.2) is 0 Å². The quantitative estimate of drug-likeness (QED) is 0.739. The summed E-state index contributed by atoms with van der Waals surface area (Å²) in [7, 11) is 0. The van der Waals surface area contributed by atoms with Crippen molar-refractivity contribution in [2.45, 2.75) is 13.3 Å². The van der Waals surface area contributed by atoms with E-state index >= 15 is 0 Å². The zero-order valence-corrected chi connectivity index (χ0v) is 8.29. The molecule has 0 aliphatic carbocycles. The fraction of sp³-hybridized carbons (Fsp3) is 0.500. The van der Waals surface area contributed by atoms with Crippen molar-refractivity contribution in [3.05, 3.63) is 24.2 Å². The van der Waals surface area contributed by atoms with Crippen molar-refractivity contribution in [3.63, 3.8) is 0 Å². The summed E-state index contributed by atoms with van der Waals surface area (Å²) in [5, 5.41) is 2.75. The van der Waals surface area contributed by atoms with E-state index in [9.17, 15) is 4.79 Å². The predicted octanol–water partition coefficient (Wildman–Crippen LogP) is 0.975. The fourth-order valence-corrected chi connectivity index (χ4v) is 1.03. The van der Waals surface area contributed by atoms with Gasteiger partial charge in [0.1, 0.15) is 6.61 Å². The number of amides is 1. The van der Waals surface area contributed by atoms with Crippen LogP contribution in [0.15, 0.2) is 23.0 Å². The minimum Gasteiger partial charge on any atom is -0.472 e. The molecule has 1 amide bonds. The smallest absolute Gasteiger partial charge is 0.246 e. The summed E-state index contributed by atoms with van der Waals surface area (Å²) in [4.78, 5) is 11.1. The van der Waals surface area contributed by atoms with Crippen molar-refractivity contribution in [3.8, 4) is 0 Å². The van der Waals surface area contributed by atoms with Crippen molar-refractivity contribution in [2.24, 2.45) is 0 Å². The van der Waals surface area contributed by atoms with Gasteiger partial charge in [-0.3, -0.25) is 4.79 Å². The summed E-state index contributed by atoms with van der Waals surface area (Å²) >= 11 is 0. The van der Waals surface area contributed by atoms with Crippen LogP contribution in [0.2, 0.25) is 0 Å². The van der Waals surface area contributed by atoms with Gasteiger partial charge in [0, 0.05) is 13.2 Å². The van der Waals surface area contributed by atoms with Crippen LogP contribution in [-0.4, -0.2) is 25.7 Å². The Morgan fingerprint density at radius 1 is 1.64 bits per heavy atom. The molecular formula is C10H15NO3. The first-order chi connectivity index (χ1) is 6.83. The number of ether oxygens (including phenoxy) is 1. The molecule has 1 heterocycles. The Balaban J connectivity index is 2.06. The third kappa shape index (κ3) is 4.09. The Morgan fingerprint density at radius 3 is 3.14 bits per heavy atom. The van der Waals surface area contributed by atoms with Crippen molar-refractivity contribution in [2.75, 3.05) is 19.8 Å². The molecule has 0 aliphatic heterocycles. The molecule has 0 spiro atoms. The van der Waals surface area contributed by atoms with E-state index in [0.717, 1.165) is 12.0 Å². The van der Waals surface area contributed by atoms with Gasteiger partial charge in [0.2, 0.25) is 5.91 Å². The monoisotopic (exact) mass is 197 g/mol. The van der Waals surface area contributed by atoms with Gasteiger partial charge < -0.3 is 14.5 Å². The third-order valence-electron chi connectivity index (χ3n) is 1.75. The van der Waals surface area contributed by atoms with Crippen molar-refractivity contribution >= 4 is 5.91 Å². The summed E-state index contributed by atoms with van der Waals surface area (Å²) in [6.07, 6.45) is 4.08. The van der Waals surface area contributed by atoms with Crippen LogP contribution >= 0.6 is 0 Å². The van der Waals surface area contributed by atoms with Crippen LogP contribution in [-0.2, 0) is 16.0 Å². The minimum atomic E-state index is -0.0738. The highest BCUT2D eigenvalue weighted by atomic mass is 16.5. The molecule has 0 aromatic carbocycles. The SMILES string of the molecule is CCOCC(=O)NCCc1ccoc1. The number of rotatable bonds is 6. The summed E-state index contributed by atoms with van der Waals surface area (Å²) in [5.41, 5.74) is 1.08. The standard InChI is InChI=1S/C10H15NO3/c1-2-13-8-10(12)11-5-3-9-4-6-14-7-9/h4,6-7H,2-3,5,8H2,1H3,(H,11,12). The lowest BCUT2D eigenvalue weighted by atomic mass is 10.2. The van der Waals surface area contributed by atoms with Crippen molar-refractivity contribution < 1.29 is 13.9 Å². The van der Waals surface area contributed by atoms with Gasteiger partial charge >= 0.3 is 0 Å².